The van der Waals surface area contributed by atoms with E-state index in [1.54, 1.807) is 14.0 Å². The lowest BCUT2D eigenvalue weighted by Gasteiger charge is -2.15. The number of amides is 2. The number of nitrogens with zero attached hydrogens (tertiary/aromatic N) is 3. The molecule has 3 rings (SSSR count). The number of sulfonamides is 1. The number of hydrogen-bond acceptors (Lipinski definition) is 5. The third kappa shape index (κ3) is 4.96. The lowest BCUT2D eigenvalue weighted by Crippen LogP contribution is -3.00. The van der Waals surface area contributed by atoms with Crippen molar-refractivity contribution in [2.75, 3.05) is 31.4 Å². The molecule has 0 radical (unpaired) electrons. The van der Waals surface area contributed by atoms with Gasteiger partial charge in [0.05, 0.1) is 5.69 Å². The maximum atomic E-state index is 12.6. The number of pyridine rings is 1. The largest absolute Gasteiger partial charge is 1.00 e. The molecule has 0 unspecified atom stereocenters. The first-order valence-electron chi connectivity index (χ1n) is 8.71. The van der Waals surface area contributed by atoms with Gasteiger partial charge in [-0.3, -0.25) is 4.90 Å². The summed E-state index contributed by atoms with van der Waals surface area (Å²) in [6.45, 7) is 1.61. The van der Waals surface area contributed by atoms with E-state index in [9.17, 15) is 13.2 Å². The van der Waals surface area contributed by atoms with Gasteiger partial charge in [0, 0.05) is 38.5 Å². The van der Waals surface area contributed by atoms with E-state index in [1.165, 1.54) is 19.0 Å². The molecule has 0 saturated carbocycles. The Hall–Kier alpha value is -2.53. The number of aromatic amines is 1. The van der Waals surface area contributed by atoms with Crippen LogP contribution in [0.4, 0.5) is 15.6 Å². The molecule has 0 aliphatic rings. The number of carbonyl (C=O) groups is 1. The number of aryl methyl sites for hydroxylation is 1. The van der Waals surface area contributed by atoms with Crippen LogP contribution in [0.1, 0.15) is 5.69 Å². The van der Waals surface area contributed by atoms with Crippen LogP contribution in [0.15, 0.2) is 53.0 Å². The van der Waals surface area contributed by atoms with E-state index in [0.29, 0.717) is 16.5 Å². The van der Waals surface area contributed by atoms with Crippen LogP contribution >= 0.6 is 11.3 Å². The maximum absolute atomic E-state index is 12.6. The summed E-state index contributed by atoms with van der Waals surface area (Å²) in [6.07, 6.45) is 3.73. The minimum Gasteiger partial charge on any atom is -1.00 e. The summed E-state index contributed by atoms with van der Waals surface area (Å²) in [5.74, 6) is 0. The standard InChI is InChI=1S/C19H21N5O3S2.ClH/c1-13-17(29(26,27)23(2)3)28-19(21-13)24(4)18(25)22-16-9-7-14(8-10-16)15-6-5-11-20-12-15;/h5-12H,1-4H3,(H,22,25);1H. The second-order valence-electron chi connectivity index (χ2n) is 6.52. The zero-order valence-electron chi connectivity index (χ0n) is 16.9. The van der Waals surface area contributed by atoms with Gasteiger partial charge in [0.2, 0.25) is 0 Å². The minimum absolute atomic E-state index is 0. The van der Waals surface area contributed by atoms with Crippen molar-refractivity contribution in [2.45, 2.75) is 11.1 Å². The first kappa shape index (κ1) is 23.7. The number of benzene rings is 1. The molecule has 30 heavy (non-hydrogen) atoms. The van der Waals surface area contributed by atoms with Crippen LogP contribution < -0.4 is 27.6 Å². The fraction of sp³-hybridized carbons (Fsp3) is 0.211. The van der Waals surface area contributed by atoms with E-state index < -0.39 is 16.1 Å². The van der Waals surface area contributed by atoms with E-state index in [0.717, 1.165) is 26.8 Å². The summed E-state index contributed by atoms with van der Waals surface area (Å²) in [5, 5.41) is 3.10. The van der Waals surface area contributed by atoms with Crippen LogP contribution in [-0.4, -0.2) is 44.9 Å². The van der Waals surface area contributed by atoms with Gasteiger partial charge in [-0.1, -0.05) is 23.5 Å². The van der Waals surface area contributed by atoms with E-state index in [4.69, 9.17) is 0 Å². The smallest absolute Gasteiger partial charge is 0.327 e. The molecule has 0 saturated heterocycles. The quantitative estimate of drug-likeness (QED) is 0.564. The van der Waals surface area contributed by atoms with Crippen LogP contribution in [0.25, 0.3) is 11.1 Å². The van der Waals surface area contributed by atoms with E-state index in [2.05, 4.69) is 15.3 Å². The fourth-order valence-corrected chi connectivity index (χ4v) is 5.13. The van der Waals surface area contributed by atoms with Crippen LogP contribution in [0.3, 0.4) is 0 Å². The first-order chi connectivity index (χ1) is 13.7. The van der Waals surface area contributed by atoms with Crippen molar-refractivity contribution in [1.29, 1.82) is 0 Å². The Morgan fingerprint density at radius 1 is 1.10 bits per heavy atom. The number of hydrogen-bond donors (Lipinski definition) is 1. The Labute approximate surface area is 186 Å². The number of carbonyl (C=O) groups excluding carboxylic acids is 1. The SMILES string of the molecule is Cc1nc(N(C)C(=O)Nc2ccc(-c3ccc[nH+]c3)cc2)sc1S(=O)(=O)N(C)C.[Cl-]. The van der Waals surface area contributed by atoms with Gasteiger partial charge in [-0.25, -0.2) is 27.5 Å². The summed E-state index contributed by atoms with van der Waals surface area (Å²) >= 11 is 0.962. The fourth-order valence-electron chi connectivity index (χ4n) is 2.53. The van der Waals surface area contributed by atoms with Crippen molar-refractivity contribution >= 4 is 38.2 Å². The van der Waals surface area contributed by atoms with Gasteiger partial charge < -0.3 is 17.7 Å². The molecular formula is C19H22ClN5O3S2. The Kier molecular flexibility index (Phi) is 7.54. The number of urea groups is 1. The number of thiazole rings is 1. The third-order valence-electron chi connectivity index (χ3n) is 4.23. The van der Waals surface area contributed by atoms with Crippen molar-refractivity contribution in [3.8, 4) is 11.1 Å². The molecule has 2 aromatic heterocycles. The zero-order valence-corrected chi connectivity index (χ0v) is 19.3. The summed E-state index contributed by atoms with van der Waals surface area (Å²) in [7, 11) is 0.862. The average molecular weight is 468 g/mol. The minimum atomic E-state index is -3.61. The van der Waals surface area contributed by atoms with Gasteiger partial charge in [0.1, 0.15) is 0 Å². The van der Waals surface area contributed by atoms with Gasteiger partial charge in [-0.05, 0) is 30.7 Å². The van der Waals surface area contributed by atoms with Gasteiger partial charge in [-0.15, -0.1) is 0 Å². The summed E-state index contributed by atoms with van der Waals surface area (Å²) in [6, 6.07) is 10.9. The van der Waals surface area contributed by atoms with E-state index in [1.807, 2.05) is 48.8 Å². The third-order valence-corrected chi connectivity index (χ3v) is 7.86. The molecule has 2 amide bonds. The highest BCUT2D eigenvalue weighted by Crippen LogP contribution is 2.31. The maximum Gasteiger partial charge on any atom is 0.327 e. The van der Waals surface area contributed by atoms with Gasteiger partial charge in [-0.2, -0.15) is 0 Å². The number of aromatic nitrogens is 2. The Bertz CT molecular complexity index is 1120. The number of rotatable bonds is 5. The molecule has 0 aliphatic heterocycles. The van der Waals surface area contributed by atoms with Gasteiger partial charge in [0.25, 0.3) is 10.0 Å². The molecular weight excluding hydrogens is 446 g/mol. The molecule has 11 heteroatoms. The zero-order chi connectivity index (χ0) is 21.2. The van der Waals surface area contributed by atoms with Crippen molar-refractivity contribution in [3.63, 3.8) is 0 Å². The monoisotopic (exact) mass is 467 g/mol. The summed E-state index contributed by atoms with van der Waals surface area (Å²) in [4.78, 5) is 21.2. The summed E-state index contributed by atoms with van der Waals surface area (Å²) in [5.41, 5.74) is 3.04. The van der Waals surface area contributed by atoms with Gasteiger partial charge in [0.15, 0.2) is 21.7 Å². The predicted molar refractivity (Wildman–Crippen MR) is 114 cm³/mol. The average Bonchev–Trinajstić information content (AvgIpc) is 3.11. The van der Waals surface area contributed by atoms with Crippen LogP contribution in [0, 0.1) is 6.92 Å². The molecule has 160 valence electrons. The van der Waals surface area contributed by atoms with Crippen LogP contribution in [0.5, 0.6) is 0 Å². The normalized spacial score (nSPS) is 11.1. The van der Waals surface area contributed by atoms with E-state index in [-0.39, 0.29) is 16.6 Å². The molecule has 3 aromatic rings. The topological polar surface area (TPSA) is 96.7 Å². The second-order valence-corrected chi connectivity index (χ2v) is 9.84. The predicted octanol–water partition coefficient (Wildman–Crippen LogP) is -0.145. The number of halogens is 1. The highest BCUT2D eigenvalue weighted by molar-refractivity contribution is 7.91. The summed E-state index contributed by atoms with van der Waals surface area (Å²) < 4.78 is 26.0. The van der Waals surface area contributed by atoms with Crippen molar-refractivity contribution in [2.24, 2.45) is 0 Å². The lowest BCUT2D eigenvalue weighted by atomic mass is 10.1. The molecule has 2 N–H and O–H groups in total. The molecule has 0 spiro atoms. The molecule has 0 bridgehead atoms. The Balaban J connectivity index is 0.00000320. The number of anilines is 2. The van der Waals surface area contributed by atoms with Crippen molar-refractivity contribution < 1.29 is 30.6 Å². The highest BCUT2D eigenvalue weighted by atomic mass is 35.5. The molecule has 0 aliphatic carbocycles. The molecule has 2 heterocycles. The van der Waals surface area contributed by atoms with Crippen molar-refractivity contribution in [3.05, 3.63) is 54.5 Å². The molecule has 8 nitrogen and oxygen atoms in total. The lowest BCUT2D eigenvalue weighted by molar-refractivity contribution is -0.377. The van der Waals surface area contributed by atoms with Crippen molar-refractivity contribution in [1.82, 2.24) is 9.29 Å². The number of nitrogens with one attached hydrogen (secondary N) is 2. The van der Waals surface area contributed by atoms with E-state index >= 15 is 0 Å². The second kappa shape index (κ2) is 9.52. The Morgan fingerprint density at radius 2 is 1.77 bits per heavy atom. The molecule has 1 aromatic carbocycles. The molecule has 0 fully saturated rings. The number of H-pyrrole nitrogens is 1. The first-order valence-corrected chi connectivity index (χ1v) is 11.0. The molecule has 0 atom stereocenters. The Morgan fingerprint density at radius 3 is 2.33 bits per heavy atom. The van der Waals surface area contributed by atoms with Gasteiger partial charge >= 0.3 is 6.03 Å². The van der Waals surface area contributed by atoms with Crippen LogP contribution in [-0.2, 0) is 10.0 Å². The highest BCUT2D eigenvalue weighted by Gasteiger charge is 2.26. The van der Waals surface area contributed by atoms with Crippen LogP contribution in [0.2, 0.25) is 0 Å².